The van der Waals surface area contributed by atoms with Crippen molar-refractivity contribution in [1.29, 1.82) is 0 Å². The summed E-state index contributed by atoms with van der Waals surface area (Å²) in [6.07, 6.45) is 2.85. The zero-order valence-electron chi connectivity index (χ0n) is 11.6. The number of nitrogens with zero attached hydrogens (tertiary/aromatic N) is 2. The van der Waals surface area contributed by atoms with Crippen LogP contribution >= 0.6 is 12.0 Å². The molecule has 1 aliphatic rings. The molecule has 0 aliphatic heterocycles. The molecular formula is C11H19N3O5S. The van der Waals surface area contributed by atoms with Crippen LogP contribution in [0.1, 0.15) is 6.42 Å². The molecule has 1 rings (SSSR count). The van der Waals surface area contributed by atoms with Gasteiger partial charge < -0.3 is 24.2 Å². The minimum atomic E-state index is -0.499. The highest BCUT2D eigenvalue weighted by Crippen LogP contribution is 2.29. The summed E-state index contributed by atoms with van der Waals surface area (Å²) in [7, 11) is 2.83. The van der Waals surface area contributed by atoms with E-state index in [0.717, 1.165) is 0 Å². The first-order valence-electron chi connectivity index (χ1n) is 5.87. The third kappa shape index (κ3) is 4.44. The molecule has 0 heterocycles. The Bertz CT molecular complexity index is 377. The molecule has 0 saturated carbocycles. The van der Waals surface area contributed by atoms with E-state index in [9.17, 15) is 4.79 Å². The van der Waals surface area contributed by atoms with Gasteiger partial charge in [0.25, 0.3) is 0 Å². The third-order valence-corrected chi connectivity index (χ3v) is 3.16. The molecule has 0 radical (unpaired) electrons. The molecule has 2 N–H and O–H groups in total. The normalized spacial score (nSPS) is 26.6. The van der Waals surface area contributed by atoms with E-state index in [2.05, 4.69) is 10.3 Å². The van der Waals surface area contributed by atoms with E-state index >= 15 is 0 Å². The molecule has 0 spiro atoms. The first-order chi connectivity index (χ1) is 9.67. The van der Waals surface area contributed by atoms with Crippen molar-refractivity contribution in [2.24, 2.45) is 16.2 Å². The topological polar surface area (TPSA) is 105 Å². The fourth-order valence-electron chi connectivity index (χ4n) is 1.92. The number of esters is 1. The summed E-state index contributed by atoms with van der Waals surface area (Å²) in [5.74, 6) is 4.68. The van der Waals surface area contributed by atoms with E-state index in [0.29, 0.717) is 12.0 Å². The molecule has 0 bridgehead atoms. The fourth-order valence-corrected chi connectivity index (χ4v) is 2.38. The van der Waals surface area contributed by atoms with Crippen LogP contribution in [-0.2, 0) is 23.2 Å². The van der Waals surface area contributed by atoms with Crippen LogP contribution in [-0.4, -0.2) is 51.5 Å². The predicted octanol–water partition coefficient (Wildman–Crippen LogP) is 0.836. The van der Waals surface area contributed by atoms with Gasteiger partial charge >= 0.3 is 5.97 Å². The summed E-state index contributed by atoms with van der Waals surface area (Å²) in [6, 6.07) is -0.423. The molecule has 0 aromatic heterocycles. The van der Waals surface area contributed by atoms with Crippen molar-refractivity contribution in [2.45, 2.75) is 24.7 Å². The van der Waals surface area contributed by atoms with Crippen LogP contribution in [0, 0.1) is 0 Å². The van der Waals surface area contributed by atoms with Crippen LogP contribution in [0.3, 0.4) is 0 Å². The van der Waals surface area contributed by atoms with Crippen LogP contribution < -0.4 is 5.84 Å². The molecular weight excluding hydrogens is 286 g/mol. The highest BCUT2D eigenvalue weighted by Gasteiger charge is 2.37. The molecule has 0 fully saturated rings. The standard InChI is InChI=1S/C11H19N3O5S/c1-16-6-18-9-5-7(11(15)17-2)4-8(13-14-12)10(9)19-20-3/h5,8-10H,4,6H2,1-3H3,(H2,12,13). The van der Waals surface area contributed by atoms with Crippen molar-refractivity contribution >= 4 is 18.0 Å². The summed E-state index contributed by atoms with van der Waals surface area (Å²) in [4.78, 5) is 11.7. The molecule has 3 unspecified atom stereocenters. The number of carbonyl (C=O) groups is 1. The van der Waals surface area contributed by atoms with Crippen LogP contribution in [0.25, 0.3) is 0 Å². The van der Waals surface area contributed by atoms with E-state index in [-0.39, 0.29) is 6.79 Å². The Morgan fingerprint density at radius 3 is 2.85 bits per heavy atom. The number of hydrogen-bond donors (Lipinski definition) is 1. The zero-order chi connectivity index (χ0) is 15.0. The average molecular weight is 305 g/mol. The van der Waals surface area contributed by atoms with Crippen LogP contribution in [0.15, 0.2) is 22.0 Å². The summed E-state index contributed by atoms with van der Waals surface area (Å²) >= 11 is 1.18. The lowest BCUT2D eigenvalue weighted by Gasteiger charge is -2.32. The number of ether oxygens (including phenoxy) is 3. The summed E-state index contributed by atoms with van der Waals surface area (Å²) < 4.78 is 20.7. The second kappa shape index (κ2) is 8.90. The van der Waals surface area contributed by atoms with Gasteiger partial charge in [-0.05, 0) is 18.1 Å². The smallest absolute Gasteiger partial charge is 0.333 e. The first-order valence-corrected chi connectivity index (χ1v) is 7.02. The zero-order valence-corrected chi connectivity index (χ0v) is 12.5. The Kier molecular flexibility index (Phi) is 7.52. The molecule has 9 heteroatoms. The number of nitrogens with two attached hydrogens (primary N) is 1. The van der Waals surface area contributed by atoms with Gasteiger partial charge in [-0.25, -0.2) is 4.79 Å². The largest absolute Gasteiger partial charge is 0.466 e. The van der Waals surface area contributed by atoms with Gasteiger partial charge in [0.1, 0.15) is 25.0 Å². The monoisotopic (exact) mass is 305 g/mol. The second-order valence-electron chi connectivity index (χ2n) is 3.95. The molecule has 1 aliphatic carbocycles. The third-order valence-electron chi connectivity index (χ3n) is 2.75. The number of hydrogen-bond acceptors (Lipinski definition) is 8. The van der Waals surface area contributed by atoms with Gasteiger partial charge in [0.2, 0.25) is 0 Å². The maximum Gasteiger partial charge on any atom is 0.333 e. The van der Waals surface area contributed by atoms with Crippen LogP contribution in [0.5, 0.6) is 0 Å². The van der Waals surface area contributed by atoms with E-state index in [1.165, 1.54) is 26.3 Å². The summed E-state index contributed by atoms with van der Waals surface area (Å²) in [5.41, 5.74) is 0.451. The predicted molar refractivity (Wildman–Crippen MR) is 72.7 cm³/mol. The first kappa shape index (κ1) is 16.9. The Morgan fingerprint density at radius 2 is 2.30 bits per heavy atom. The van der Waals surface area contributed by atoms with Crippen molar-refractivity contribution in [1.82, 2.24) is 0 Å². The molecule has 114 valence electrons. The van der Waals surface area contributed by atoms with Crippen molar-refractivity contribution in [3.63, 3.8) is 0 Å². The van der Waals surface area contributed by atoms with Crippen molar-refractivity contribution in [3.8, 4) is 0 Å². The lowest BCUT2D eigenvalue weighted by atomic mass is 9.90. The van der Waals surface area contributed by atoms with E-state index in [1.807, 2.05) is 0 Å². The molecule has 20 heavy (non-hydrogen) atoms. The highest BCUT2D eigenvalue weighted by atomic mass is 32.2. The number of methoxy groups -OCH3 is 2. The number of rotatable bonds is 7. The minimum Gasteiger partial charge on any atom is -0.466 e. The lowest BCUT2D eigenvalue weighted by Crippen LogP contribution is -2.43. The number of carbonyl (C=O) groups excluding carboxylic acids is 1. The SMILES string of the molecule is COCOC1C=C(C(=O)OC)CC(N=NN)C1OSC. The Morgan fingerprint density at radius 1 is 1.55 bits per heavy atom. The Hall–Kier alpha value is -1.16. The molecule has 3 atom stereocenters. The molecule has 0 aromatic rings. The van der Waals surface area contributed by atoms with Gasteiger partial charge in [-0.1, -0.05) is 5.22 Å². The van der Waals surface area contributed by atoms with Crippen LogP contribution in [0.4, 0.5) is 0 Å². The van der Waals surface area contributed by atoms with Crippen molar-refractivity contribution < 1.29 is 23.2 Å². The summed E-state index contributed by atoms with van der Waals surface area (Å²) in [6.45, 7) is 0.0658. The van der Waals surface area contributed by atoms with E-state index in [4.69, 9.17) is 24.2 Å². The quantitative estimate of drug-likeness (QED) is 0.185. The van der Waals surface area contributed by atoms with Crippen LogP contribution in [0.2, 0.25) is 0 Å². The Labute approximate surface area is 121 Å². The van der Waals surface area contributed by atoms with Crippen molar-refractivity contribution in [3.05, 3.63) is 11.6 Å². The van der Waals surface area contributed by atoms with Crippen molar-refractivity contribution in [2.75, 3.05) is 27.3 Å². The Balaban J connectivity index is 2.98. The van der Waals surface area contributed by atoms with Gasteiger partial charge in [-0.2, -0.15) is 5.11 Å². The molecule has 0 aromatic carbocycles. The van der Waals surface area contributed by atoms with E-state index < -0.39 is 24.2 Å². The van der Waals surface area contributed by atoms with Gasteiger partial charge in [0.15, 0.2) is 0 Å². The lowest BCUT2D eigenvalue weighted by molar-refractivity contribution is -0.137. The molecule has 8 nitrogen and oxygen atoms in total. The van der Waals surface area contributed by atoms with Gasteiger partial charge in [-0.15, -0.1) is 0 Å². The molecule has 0 saturated heterocycles. The van der Waals surface area contributed by atoms with Gasteiger partial charge in [-0.3, -0.25) is 0 Å². The van der Waals surface area contributed by atoms with Gasteiger partial charge in [0, 0.05) is 25.4 Å². The molecule has 0 amide bonds. The average Bonchev–Trinajstić information content (AvgIpc) is 2.46. The fraction of sp³-hybridized carbons (Fsp3) is 0.727. The summed E-state index contributed by atoms with van der Waals surface area (Å²) in [5, 5.41) is 7.20. The van der Waals surface area contributed by atoms with E-state index in [1.54, 1.807) is 12.3 Å². The second-order valence-corrected chi connectivity index (χ2v) is 4.48. The van der Waals surface area contributed by atoms with Gasteiger partial charge in [0.05, 0.1) is 7.11 Å². The highest BCUT2D eigenvalue weighted by molar-refractivity contribution is 7.93. The minimum absolute atomic E-state index is 0.0658. The maximum absolute atomic E-state index is 11.7. The maximum atomic E-state index is 11.7.